The smallest absolute Gasteiger partial charge is 0.228 e. The molecule has 0 unspecified atom stereocenters. The number of hydrogen-bond acceptors (Lipinski definition) is 2. The first-order valence-electron chi connectivity index (χ1n) is 5.80. The fraction of sp³-hybridized carbons (Fsp3) is 0.267. The van der Waals surface area contributed by atoms with E-state index >= 15 is 0 Å². The third-order valence-corrected chi connectivity index (χ3v) is 3.72. The van der Waals surface area contributed by atoms with Crippen LogP contribution in [-0.2, 0) is 4.79 Å². The molecule has 94 valence electrons. The van der Waals surface area contributed by atoms with Crippen molar-refractivity contribution in [3.05, 3.63) is 35.9 Å². The number of ketones is 1. The summed E-state index contributed by atoms with van der Waals surface area (Å²) in [5.74, 6) is 2.58. The highest BCUT2D eigenvalue weighted by atomic mass is 32.2. The number of allylic oxidation sites excluding steroid dienone is 1. The van der Waals surface area contributed by atoms with Crippen molar-refractivity contribution in [3.63, 3.8) is 0 Å². The van der Waals surface area contributed by atoms with Gasteiger partial charge in [-0.05, 0) is 35.9 Å². The second kappa shape index (κ2) is 6.63. The summed E-state index contributed by atoms with van der Waals surface area (Å²) in [6.45, 7) is 6.37. The van der Waals surface area contributed by atoms with Crippen LogP contribution in [0.4, 0.5) is 0 Å². The van der Waals surface area contributed by atoms with Gasteiger partial charge in [-0.3, -0.25) is 4.79 Å². The Morgan fingerprint density at radius 3 is 2.33 bits per heavy atom. The zero-order chi connectivity index (χ0) is 13.6. The first kappa shape index (κ1) is 14.8. The Hall–Kier alpha value is -1.24. The molecule has 0 aliphatic carbocycles. The summed E-state index contributed by atoms with van der Waals surface area (Å²) in [5, 5.41) is 0. The number of rotatable bonds is 3. The quantitative estimate of drug-likeness (QED) is 0.360. The number of thioether (sulfide) groups is 1. The summed E-state index contributed by atoms with van der Waals surface area (Å²) in [7, 11) is -1.46. The molecule has 1 rings (SSSR count). The molecule has 18 heavy (non-hydrogen) atoms. The predicted molar refractivity (Wildman–Crippen MR) is 83.4 cm³/mol. The van der Waals surface area contributed by atoms with Crippen LogP contribution < -0.4 is 0 Å². The molecule has 0 atom stereocenters. The third kappa shape index (κ3) is 5.90. The first-order valence-corrected chi connectivity index (χ1v) is 10.5. The van der Waals surface area contributed by atoms with Crippen LogP contribution in [0, 0.1) is 11.5 Å². The largest absolute Gasteiger partial charge is 0.280 e. The van der Waals surface area contributed by atoms with Gasteiger partial charge in [0.1, 0.15) is 8.07 Å². The van der Waals surface area contributed by atoms with E-state index in [9.17, 15) is 4.79 Å². The summed E-state index contributed by atoms with van der Waals surface area (Å²) in [6.07, 6.45) is 5.40. The average Bonchev–Trinajstić information content (AvgIpc) is 2.33. The minimum Gasteiger partial charge on any atom is -0.280 e. The molecule has 0 saturated carbocycles. The molecule has 0 radical (unpaired) electrons. The molecule has 0 N–H and O–H groups in total. The van der Waals surface area contributed by atoms with E-state index in [1.165, 1.54) is 4.90 Å². The zero-order valence-electron chi connectivity index (χ0n) is 11.3. The molecule has 1 aromatic rings. The van der Waals surface area contributed by atoms with E-state index in [1.807, 2.05) is 36.6 Å². The SMILES string of the molecule is CSc1ccc(/C=C/C(=O)C#C[Si](C)(C)C)cc1. The van der Waals surface area contributed by atoms with Crippen molar-refractivity contribution < 1.29 is 4.79 Å². The van der Waals surface area contributed by atoms with Crippen LogP contribution in [0.2, 0.25) is 19.6 Å². The summed E-state index contributed by atoms with van der Waals surface area (Å²) in [4.78, 5) is 12.8. The molecule has 0 amide bonds. The maximum absolute atomic E-state index is 11.5. The summed E-state index contributed by atoms with van der Waals surface area (Å²) >= 11 is 1.70. The zero-order valence-corrected chi connectivity index (χ0v) is 13.1. The fourth-order valence-corrected chi connectivity index (χ4v) is 2.08. The molecule has 0 bridgehead atoms. The monoisotopic (exact) mass is 274 g/mol. The molecule has 0 aliphatic rings. The van der Waals surface area contributed by atoms with Gasteiger partial charge in [-0.25, -0.2) is 0 Å². The van der Waals surface area contributed by atoms with Crippen LogP contribution in [0.3, 0.4) is 0 Å². The normalized spacial score (nSPS) is 11.1. The van der Waals surface area contributed by atoms with Gasteiger partial charge in [0.05, 0.1) is 0 Å². The molecular weight excluding hydrogens is 256 g/mol. The minimum absolute atomic E-state index is 0.119. The van der Waals surface area contributed by atoms with Crippen LogP contribution in [-0.4, -0.2) is 20.1 Å². The number of carbonyl (C=O) groups excluding carboxylic acids is 1. The van der Waals surface area contributed by atoms with Crippen LogP contribution >= 0.6 is 11.8 Å². The highest BCUT2D eigenvalue weighted by Gasteiger charge is 2.07. The maximum Gasteiger partial charge on any atom is 0.228 e. The van der Waals surface area contributed by atoms with E-state index in [2.05, 4.69) is 31.1 Å². The van der Waals surface area contributed by atoms with E-state index in [-0.39, 0.29) is 5.78 Å². The van der Waals surface area contributed by atoms with E-state index in [1.54, 1.807) is 17.8 Å². The maximum atomic E-state index is 11.5. The van der Waals surface area contributed by atoms with Gasteiger partial charge < -0.3 is 0 Å². The molecule has 1 aromatic carbocycles. The standard InChI is InChI=1S/C15H18OSSi/c1-17-15-9-6-13(7-10-15)5-8-14(16)11-12-18(2,3)4/h5-10H,1-4H3/b8-5+. The van der Waals surface area contributed by atoms with Gasteiger partial charge >= 0.3 is 0 Å². The molecule has 0 spiro atoms. The highest BCUT2D eigenvalue weighted by Crippen LogP contribution is 2.15. The van der Waals surface area contributed by atoms with Gasteiger partial charge in [-0.1, -0.05) is 37.8 Å². The number of hydrogen-bond donors (Lipinski definition) is 0. The van der Waals surface area contributed by atoms with Gasteiger partial charge in [0, 0.05) is 4.90 Å². The lowest BCUT2D eigenvalue weighted by molar-refractivity contribution is -0.109. The second-order valence-corrected chi connectivity index (χ2v) is 10.6. The Kier molecular flexibility index (Phi) is 5.45. The van der Waals surface area contributed by atoms with Crippen LogP contribution in [0.15, 0.2) is 35.2 Å². The summed E-state index contributed by atoms with van der Waals surface area (Å²) in [6, 6.07) is 8.09. The van der Waals surface area contributed by atoms with E-state index in [0.717, 1.165) is 5.56 Å². The highest BCUT2D eigenvalue weighted by molar-refractivity contribution is 7.98. The lowest BCUT2D eigenvalue weighted by atomic mass is 10.2. The van der Waals surface area contributed by atoms with Crippen LogP contribution in [0.5, 0.6) is 0 Å². The molecule has 0 aliphatic heterocycles. The summed E-state index contributed by atoms with van der Waals surface area (Å²) < 4.78 is 0. The van der Waals surface area contributed by atoms with Gasteiger partial charge in [-0.15, -0.1) is 17.3 Å². The van der Waals surface area contributed by atoms with Crippen molar-refractivity contribution in [1.29, 1.82) is 0 Å². The van der Waals surface area contributed by atoms with Crippen molar-refractivity contribution in [3.8, 4) is 11.5 Å². The Morgan fingerprint density at radius 1 is 1.22 bits per heavy atom. The molecule has 0 heterocycles. The topological polar surface area (TPSA) is 17.1 Å². The number of benzene rings is 1. The lowest BCUT2D eigenvalue weighted by Gasteiger charge is -2.02. The van der Waals surface area contributed by atoms with Crippen molar-refractivity contribution in [2.24, 2.45) is 0 Å². The minimum atomic E-state index is -1.46. The van der Waals surface area contributed by atoms with Gasteiger partial charge in [0.15, 0.2) is 0 Å². The van der Waals surface area contributed by atoms with E-state index in [4.69, 9.17) is 0 Å². The molecule has 0 aromatic heterocycles. The third-order valence-electron chi connectivity index (χ3n) is 2.10. The molecule has 3 heteroatoms. The fourth-order valence-electron chi connectivity index (χ4n) is 1.18. The average molecular weight is 274 g/mol. The number of carbonyl (C=O) groups is 1. The van der Waals surface area contributed by atoms with Gasteiger partial charge in [-0.2, -0.15) is 0 Å². The Bertz CT molecular complexity index is 498. The van der Waals surface area contributed by atoms with Crippen LogP contribution in [0.1, 0.15) is 5.56 Å². The predicted octanol–water partition coefficient (Wildman–Crippen LogP) is 3.87. The molecule has 0 saturated heterocycles. The van der Waals surface area contributed by atoms with E-state index < -0.39 is 8.07 Å². The lowest BCUT2D eigenvalue weighted by Crippen LogP contribution is -2.16. The van der Waals surface area contributed by atoms with Crippen molar-refractivity contribution in [2.45, 2.75) is 24.5 Å². The molecule has 0 fully saturated rings. The van der Waals surface area contributed by atoms with Crippen LogP contribution in [0.25, 0.3) is 6.08 Å². The Labute approximate surface area is 115 Å². The molecular formula is C15H18OSSi. The van der Waals surface area contributed by atoms with Gasteiger partial charge in [0.2, 0.25) is 5.78 Å². The Balaban J connectivity index is 2.68. The second-order valence-electron chi connectivity index (χ2n) is 4.97. The Morgan fingerprint density at radius 2 is 1.83 bits per heavy atom. The van der Waals surface area contributed by atoms with Crippen molar-refractivity contribution in [2.75, 3.05) is 6.26 Å². The summed E-state index contributed by atoms with van der Waals surface area (Å²) in [5.41, 5.74) is 4.08. The van der Waals surface area contributed by atoms with Crippen molar-refractivity contribution in [1.82, 2.24) is 0 Å². The van der Waals surface area contributed by atoms with E-state index in [0.29, 0.717) is 0 Å². The molecule has 1 nitrogen and oxygen atoms in total. The van der Waals surface area contributed by atoms with Crippen molar-refractivity contribution >= 4 is 31.7 Å². The van der Waals surface area contributed by atoms with Gasteiger partial charge in [0.25, 0.3) is 0 Å². The first-order chi connectivity index (χ1) is 8.40.